The van der Waals surface area contributed by atoms with E-state index in [2.05, 4.69) is 76.3 Å². The van der Waals surface area contributed by atoms with E-state index in [1.54, 1.807) is 0 Å². The average Bonchev–Trinajstić information content (AvgIpc) is 3.12. The normalized spacial score (nSPS) is 16.8. The molecule has 4 nitrogen and oxygen atoms in total. The van der Waals surface area contributed by atoms with Gasteiger partial charge in [0.2, 0.25) is 0 Å². The van der Waals surface area contributed by atoms with Crippen molar-refractivity contribution in [2.45, 2.75) is 39.4 Å². The summed E-state index contributed by atoms with van der Waals surface area (Å²) in [6.45, 7) is 8.41. The summed E-state index contributed by atoms with van der Waals surface area (Å²) in [5.74, 6) is 1.91. The molecule has 1 atom stereocenters. The third kappa shape index (κ3) is 4.33. The molecule has 1 aromatic heterocycles. The quantitative estimate of drug-likeness (QED) is 0.549. The summed E-state index contributed by atoms with van der Waals surface area (Å²) in [5.41, 5.74) is 3.87. The van der Waals surface area contributed by atoms with Crippen LogP contribution in [0.3, 0.4) is 0 Å². The summed E-state index contributed by atoms with van der Waals surface area (Å²) < 4.78 is 14.0. The third-order valence-corrected chi connectivity index (χ3v) is 5.49. The van der Waals surface area contributed by atoms with E-state index >= 15 is 0 Å². The summed E-state index contributed by atoms with van der Waals surface area (Å²) in [4.78, 5) is 2.58. The molecule has 0 aliphatic carbocycles. The molecule has 4 rings (SSSR count). The minimum atomic E-state index is 0.168. The third-order valence-electron chi connectivity index (χ3n) is 5.49. The van der Waals surface area contributed by atoms with E-state index < -0.39 is 0 Å². The van der Waals surface area contributed by atoms with Crippen LogP contribution in [-0.2, 0) is 13.1 Å². The Morgan fingerprint density at radius 2 is 1.66 bits per heavy atom. The van der Waals surface area contributed by atoms with Crippen LogP contribution < -0.4 is 9.47 Å². The largest absolute Gasteiger partial charge is 0.494 e. The van der Waals surface area contributed by atoms with E-state index in [1.807, 2.05) is 13.8 Å². The van der Waals surface area contributed by atoms with Crippen molar-refractivity contribution in [3.05, 3.63) is 83.7 Å². The summed E-state index contributed by atoms with van der Waals surface area (Å²) in [5, 5.41) is 0. The number of rotatable bonds is 7. The standard InChI is InChI=1S/C25H30N2O2/c1-3-28-21-14-12-20(13-15-21)19-27-18-8-17-26-16-7-10-23(26)25(27)22-9-5-6-11-24(22)29-4-2/h5-7,9-16,25H,3-4,8,17-19H2,1-2H3. The summed E-state index contributed by atoms with van der Waals surface area (Å²) in [6.07, 6.45) is 3.33. The highest BCUT2D eigenvalue weighted by atomic mass is 16.5. The molecule has 0 radical (unpaired) electrons. The fourth-order valence-electron chi connectivity index (χ4n) is 4.25. The van der Waals surface area contributed by atoms with Gasteiger partial charge in [-0.2, -0.15) is 0 Å². The van der Waals surface area contributed by atoms with Gasteiger partial charge in [-0.05, 0) is 56.2 Å². The van der Waals surface area contributed by atoms with Crippen molar-refractivity contribution >= 4 is 0 Å². The molecular weight excluding hydrogens is 360 g/mol. The molecule has 29 heavy (non-hydrogen) atoms. The Morgan fingerprint density at radius 3 is 2.45 bits per heavy atom. The summed E-state index contributed by atoms with van der Waals surface area (Å²) in [7, 11) is 0. The predicted octanol–water partition coefficient (Wildman–Crippen LogP) is 5.28. The van der Waals surface area contributed by atoms with Crippen molar-refractivity contribution in [3.63, 3.8) is 0 Å². The highest BCUT2D eigenvalue weighted by Crippen LogP contribution is 2.37. The Balaban J connectivity index is 1.69. The van der Waals surface area contributed by atoms with E-state index in [0.29, 0.717) is 13.2 Å². The van der Waals surface area contributed by atoms with Gasteiger partial charge in [0, 0.05) is 37.1 Å². The molecule has 0 N–H and O–H groups in total. The van der Waals surface area contributed by atoms with Crippen LogP contribution in [0.25, 0.3) is 0 Å². The molecule has 0 saturated carbocycles. The molecule has 0 spiro atoms. The van der Waals surface area contributed by atoms with Crippen LogP contribution in [0.15, 0.2) is 66.9 Å². The molecule has 2 heterocycles. The molecule has 0 saturated heterocycles. The van der Waals surface area contributed by atoms with Gasteiger partial charge < -0.3 is 14.0 Å². The maximum atomic E-state index is 6.01. The fourth-order valence-corrected chi connectivity index (χ4v) is 4.25. The lowest BCUT2D eigenvalue weighted by molar-refractivity contribution is 0.214. The number of ether oxygens (including phenoxy) is 2. The molecule has 4 heteroatoms. The van der Waals surface area contributed by atoms with Crippen molar-refractivity contribution in [2.24, 2.45) is 0 Å². The number of benzene rings is 2. The number of aromatic nitrogens is 1. The molecule has 1 unspecified atom stereocenters. The summed E-state index contributed by atoms with van der Waals surface area (Å²) in [6, 6.07) is 21.6. The Labute approximate surface area is 173 Å². The van der Waals surface area contributed by atoms with Crippen molar-refractivity contribution < 1.29 is 9.47 Å². The Kier molecular flexibility index (Phi) is 6.20. The molecule has 0 amide bonds. The van der Waals surface area contributed by atoms with Crippen LogP contribution in [0.1, 0.15) is 43.1 Å². The van der Waals surface area contributed by atoms with Crippen LogP contribution in [0.4, 0.5) is 0 Å². The summed E-state index contributed by atoms with van der Waals surface area (Å²) >= 11 is 0. The van der Waals surface area contributed by atoms with Gasteiger partial charge >= 0.3 is 0 Å². The van der Waals surface area contributed by atoms with E-state index in [0.717, 1.165) is 37.6 Å². The zero-order valence-electron chi connectivity index (χ0n) is 17.4. The first-order valence-electron chi connectivity index (χ1n) is 10.6. The van der Waals surface area contributed by atoms with Gasteiger partial charge in [0.15, 0.2) is 0 Å². The van der Waals surface area contributed by atoms with Crippen molar-refractivity contribution in [1.29, 1.82) is 0 Å². The lowest BCUT2D eigenvalue weighted by atomic mass is 10.00. The fraction of sp³-hybridized carbons (Fsp3) is 0.360. The number of aryl methyl sites for hydroxylation is 1. The van der Waals surface area contributed by atoms with E-state index in [4.69, 9.17) is 9.47 Å². The van der Waals surface area contributed by atoms with Gasteiger partial charge in [0.1, 0.15) is 11.5 Å². The van der Waals surface area contributed by atoms with Crippen LogP contribution in [0, 0.1) is 0 Å². The molecule has 152 valence electrons. The molecule has 2 aromatic carbocycles. The van der Waals surface area contributed by atoms with Crippen molar-refractivity contribution in [2.75, 3.05) is 19.8 Å². The van der Waals surface area contributed by atoms with Gasteiger partial charge in [-0.1, -0.05) is 30.3 Å². The number of hydrogen-bond donors (Lipinski definition) is 0. The minimum Gasteiger partial charge on any atom is -0.494 e. The second-order valence-electron chi connectivity index (χ2n) is 7.40. The average molecular weight is 391 g/mol. The topological polar surface area (TPSA) is 26.6 Å². The van der Waals surface area contributed by atoms with Crippen molar-refractivity contribution in [1.82, 2.24) is 9.47 Å². The van der Waals surface area contributed by atoms with Crippen molar-refractivity contribution in [3.8, 4) is 11.5 Å². The Bertz CT molecular complexity index is 917. The van der Waals surface area contributed by atoms with E-state index in [9.17, 15) is 0 Å². The first kappa shape index (κ1) is 19.6. The molecular formula is C25H30N2O2. The van der Waals surface area contributed by atoms with Crippen LogP contribution >= 0.6 is 0 Å². The monoisotopic (exact) mass is 390 g/mol. The lowest BCUT2D eigenvalue weighted by Crippen LogP contribution is -2.29. The first-order chi connectivity index (χ1) is 14.3. The van der Waals surface area contributed by atoms with Gasteiger partial charge in [0.25, 0.3) is 0 Å². The lowest BCUT2D eigenvalue weighted by Gasteiger charge is -2.31. The number of hydrogen-bond acceptors (Lipinski definition) is 3. The van der Waals surface area contributed by atoms with Gasteiger partial charge in [-0.25, -0.2) is 0 Å². The SMILES string of the molecule is CCOc1ccc(CN2CCCn3cccc3C2c2ccccc2OCC)cc1. The number of fused-ring (bicyclic) bond motifs is 1. The van der Waals surface area contributed by atoms with Crippen LogP contribution in [0.5, 0.6) is 11.5 Å². The van der Waals surface area contributed by atoms with Gasteiger partial charge in [-0.3, -0.25) is 4.90 Å². The molecule has 0 fully saturated rings. The van der Waals surface area contributed by atoms with E-state index in [1.165, 1.54) is 16.8 Å². The zero-order chi connectivity index (χ0) is 20.1. The maximum Gasteiger partial charge on any atom is 0.124 e. The Hall–Kier alpha value is -2.72. The van der Waals surface area contributed by atoms with Gasteiger partial charge in [0.05, 0.1) is 19.3 Å². The van der Waals surface area contributed by atoms with Crippen LogP contribution in [0.2, 0.25) is 0 Å². The predicted molar refractivity (Wildman–Crippen MR) is 117 cm³/mol. The van der Waals surface area contributed by atoms with Crippen LogP contribution in [-0.4, -0.2) is 29.2 Å². The number of nitrogens with zero attached hydrogens (tertiary/aromatic N) is 2. The molecule has 0 bridgehead atoms. The molecule has 3 aromatic rings. The molecule has 1 aliphatic heterocycles. The maximum absolute atomic E-state index is 6.01. The zero-order valence-corrected chi connectivity index (χ0v) is 17.4. The highest BCUT2D eigenvalue weighted by Gasteiger charge is 2.29. The Morgan fingerprint density at radius 1 is 0.862 bits per heavy atom. The highest BCUT2D eigenvalue weighted by molar-refractivity contribution is 5.41. The first-order valence-corrected chi connectivity index (χ1v) is 10.6. The smallest absolute Gasteiger partial charge is 0.124 e. The second kappa shape index (κ2) is 9.19. The minimum absolute atomic E-state index is 0.168. The van der Waals surface area contributed by atoms with E-state index in [-0.39, 0.29) is 6.04 Å². The second-order valence-corrected chi connectivity index (χ2v) is 7.40. The molecule has 1 aliphatic rings. The van der Waals surface area contributed by atoms with Gasteiger partial charge in [-0.15, -0.1) is 0 Å². The number of para-hydroxylation sites is 1.